The summed E-state index contributed by atoms with van der Waals surface area (Å²) in [6, 6.07) is 7.34. The zero-order chi connectivity index (χ0) is 16.0. The second kappa shape index (κ2) is 6.68. The molecule has 2 rings (SSSR count). The Morgan fingerprint density at radius 1 is 1.14 bits per heavy atom. The summed E-state index contributed by atoms with van der Waals surface area (Å²) in [5.41, 5.74) is 0.549. The predicted molar refractivity (Wildman–Crippen MR) is 79.7 cm³/mol. The van der Waals surface area contributed by atoms with Gasteiger partial charge in [0, 0.05) is 30.4 Å². The van der Waals surface area contributed by atoms with Crippen molar-refractivity contribution in [3.8, 4) is 0 Å². The molecule has 2 aromatic rings. The maximum absolute atomic E-state index is 12.1. The van der Waals surface area contributed by atoms with E-state index in [-0.39, 0.29) is 10.8 Å². The number of aliphatic carboxylic acids is 1. The number of carboxylic acids is 1. The van der Waals surface area contributed by atoms with E-state index in [1.807, 2.05) is 0 Å². The number of hydrogen-bond acceptors (Lipinski definition) is 6. The minimum Gasteiger partial charge on any atom is -0.478 e. The average Bonchev–Trinajstić information content (AvgIpc) is 2.48. The highest BCUT2D eigenvalue weighted by atomic mass is 32.2. The Labute approximate surface area is 126 Å². The summed E-state index contributed by atoms with van der Waals surface area (Å²) in [7, 11) is -3.78. The van der Waals surface area contributed by atoms with Crippen molar-refractivity contribution in [2.75, 3.05) is 10.0 Å². The van der Waals surface area contributed by atoms with Gasteiger partial charge in [0.1, 0.15) is 0 Å². The minimum absolute atomic E-state index is 0.0194. The lowest BCUT2D eigenvalue weighted by Gasteiger charge is -2.07. The molecule has 1 aromatic heterocycles. The van der Waals surface area contributed by atoms with Gasteiger partial charge in [-0.2, -0.15) is 0 Å². The molecular formula is C13H12N4O4S. The lowest BCUT2D eigenvalue weighted by Crippen LogP contribution is -2.14. The van der Waals surface area contributed by atoms with E-state index in [4.69, 9.17) is 5.11 Å². The van der Waals surface area contributed by atoms with Crippen molar-refractivity contribution in [1.82, 2.24) is 9.97 Å². The first-order chi connectivity index (χ1) is 10.5. The standard InChI is InChI=1S/C13H12N4O4S/c18-12(19)6-9-14-10-2-4-11(5-3-10)22(20,21)17-13-15-7-1-8-16-13/h1-9,14H,(H,18,19)(H,15,16,17)/b9-6+. The van der Waals surface area contributed by atoms with Crippen molar-refractivity contribution in [2.24, 2.45) is 0 Å². The van der Waals surface area contributed by atoms with Crippen LogP contribution in [0.15, 0.2) is 59.9 Å². The van der Waals surface area contributed by atoms with E-state index >= 15 is 0 Å². The number of carboxylic acid groups (broad SMARTS) is 1. The van der Waals surface area contributed by atoms with E-state index in [9.17, 15) is 13.2 Å². The Bertz CT molecular complexity index is 773. The van der Waals surface area contributed by atoms with Gasteiger partial charge in [-0.05, 0) is 30.3 Å². The van der Waals surface area contributed by atoms with Gasteiger partial charge in [-0.15, -0.1) is 0 Å². The van der Waals surface area contributed by atoms with Crippen LogP contribution in [0.5, 0.6) is 0 Å². The predicted octanol–water partition coefficient (Wildman–Crippen LogP) is 1.29. The molecule has 0 amide bonds. The van der Waals surface area contributed by atoms with Gasteiger partial charge < -0.3 is 10.4 Å². The molecule has 0 aliphatic rings. The van der Waals surface area contributed by atoms with Gasteiger partial charge in [0.05, 0.1) is 4.90 Å². The molecule has 0 radical (unpaired) electrons. The second-order valence-corrected chi connectivity index (χ2v) is 5.70. The summed E-state index contributed by atoms with van der Waals surface area (Å²) in [6.07, 6.45) is 5.01. The topological polar surface area (TPSA) is 121 Å². The van der Waals surface area contributed by atoms with Crippen LogP contribution in [0.25, 0.3) is 0 Å². The summed E-state index contributed by atoms with van der Waals surface area (Å²) in [6.45, 7) is 0. The highest BCUT2D eigenvalue weighted by Crippen LogP contribution is 2.16. The van der Waals surface area contributed by atoms with E-state index in [0.29, 0.717) is 5.69 Å². The van der Waals surface area contributed by atoms with Gasteiger partial charge in [-0.25, -0.2) is 27.9 Å². The fourth-order valence-corrected chi connectivity index (χ4v) is 2.43. The molecule has 0 saturated heterocycles. The molecule has 1 heterocycles. The van der Waals surface area contributed by atoms with Gasteiger partial charge in [-0.1, -0.05) is 0 Å². The fourth-order valence-electron chi connectivity index (χ4n) is 1.47. The van der Waals surface area contributed by atoms with Gasteiger partial charge >= 0.3 is 5.97 Å². The number of carbonyl (C=O) groups is 1. The van der Waals surface area contributed by atoms with Crippen LogP contribution in [0.3, 0.4) is 0 Å². The van der Waals surface area contributed by atoms with Gasteiger partial charge in [0.15, 0.2) is 0 Å². The smallest absolute Gasteiger partial charge is 0.329 e. The van der Waals surface area contributed by atoms with Crippen molar-refractivity contribution in [1.29, 1.82) is 0 Å². The molecule has 0 atom stereocenters. The Kier molecular flexibility index (Phi) is 4.69. The first-order valence-electron chi connectivity index (χ1n) is 6.03. The first kappa shape index (κ1) is 15.4. The molecule has 1 aromatic carbocycles. The molecule has 0 bridgehead atoms. The maximum atomic E-state index is 12.1. The summed E-state index contributed by atoms with van der Waals surface area (Å²) in [4.78, 5) is 17.9. The number of rotatable bonds is 6. The molecule has 3 N–H and O–H groups in total. The lowest BCUT2D eigenvalue weighted by molar-refractivity contribution is -0.131. The monoisotopic (exact) mass is 320 g/mol. The third-order valence-electron chi connectivity index (χ3n) is 2.43. The number of aromatic nitrogens is 2. The summed E-state index contributed by atoms with van der Waals surface area (Å²) >= 11 is 0. The molecule has 22 heavy (non-hydrogen) atoms. The van der Waals surface area contributed by atoms with E-state index < -0.39 is 16.0 Å². The van der Waals surface area contributed by atoms with Crippen LogP contribution >= 0.6 is 0 Å². The molecule has 114 valence electrons. The molecule has 0 aliphatic heterocycles. The van der Waals surface area contributed by atoms with Crippen LogP contribution < -0.4 is 10.0 Å². The minimum atomic E-state index is -3.78. The van der Waals surface area contributed by atoms with Crippen LogP contribution in [0, 0.1) is 0 Å². The highest BCUT2D eigenvalue weighted by Gasteiger charge is 2.14. The molecule has 0 spiro atoms. The maximum Gasteiger partial charge on any atom is 0.329 e. The molecule has 0 fully saturated rings. The Morgan fingerprint density at radius 3 is 2.36 bits per heavy atom. The molecule has 0 saturated carbocycles. The van der Waals surface area contributed by atoms with Gasteiger partial charge in [-0.3, -0.25) is 0 Å². The average molecular weight is 320 g/mol. The number of anilines is 2. The van der Waals surface area contributed by atoms with Crippen molar-refractivity contribution in [3.63, 3.8) is 0 Å². The van der Waals surface area contributed by atoms with E-state index in [1.54, 1.807) is 6.07 Å². The molecule has 0 unspecified atom stereocenters. The van der Waals surface area contributed by atoms with Gasteiger partial charge in [0.25, 0.3) is 10.0 Å². The Morgan fingerprint density at radius 2 is 1.77 bits per heavy atom. The van der Waals surface area contributed by atoms with Crippen LogP contribution in [-0.4, -0.2) is 29.5 Å². The summed E-state index contributed by atoms with van der Waals surface area (Å²) in [5.74, 6) is -1.10. The van der Waals surface area contributed by atoms with Crippen LogP contribution in [-0.2, 0) is 14.8 Å². The van der Waals surface area contributed by atoms with E-state index in [0.717, 1.165) is 6.08 Å². The third-order valence-corrected chi connectivity index (χ3v) is 3.78. The molecule has 9 heteroatoms. The largest absolute Gasteiger partial charge is 0.478 e. The van der Waals surface area contributed by atoms with Crippen LogP contribution in [0.1, 0.15) is 0 Å². The van der Waals surface area contributed by atoms with Crippen LogP contribution in [0.4, 0.5) is 11.6 Å². The second-order valence-electron chi connectivity index (χ2n) is 4.02. The molecule has 0 aliphatic carbocycles. The number of hydrogen-bond donors (Lipinski definition) is 3. The highest BCUT2D eigenvalue weighted by molar-refractivity contribution is 7.92. The summed E-state index contributed by atoms with van der Waals surface area (Å²) < 4.78 is 26.5. The Hall–Kier alpha value is -2.94. The number of nitrogens with one attached hydrogen (secondary N) is 2. The quantitative estimate of drug-likeness (QED) is 0.685. The van der Waals surface area contributed by atoms with Crippen molar-refractivity contribution < 1.29 is 18.3 Å². The van der Waals surface area contributed by atoms with Crippen molar-refractivity contribution in [3.05, 3.63) is 55.0 Å². The number of sulfonamides is 1. The van der Waals surface area contributed by atoms with E-state index in [1.165, 1.54) is 42.9 Å². The third kappa shape index (κ3) is 4.28. The van der Waals surface area contributed by atoms with Crippen LogP contribution in [0.2, 0.25) is 0 Å². The number of benzene rings is 1. The normalized spacial score (nSPS) is 11.3. The Balaban J connectivity index is 2.10. The van der Waals surface area contributed by atoms with E-state index in [2.05, 4.69) is 20.0 Å². The summed E-state index contributed by atoms with van der Waals surface area (Å²) in [5, 5.41) is 11.2. The van der Waals surface area contributed by atoms with Crippen molar-refractivity contribution >= 4 is 27.6 Å². The first-order valence-corrected chi connectivity index (χ1v) is 7.51. The zero-order valence-corrected chi connectivity index (χ0v) is 12.0. The number of nitrogens with zero attached hydrogens (tertiary/aromatic N) is 2. The van der Waals surface area contributed by atoms with Gasteiger partial charge in [0.2, 0.25) is 5.95 Å². The SMILES string of the molecule is O=C(O)/C=C/Nc1ccc(S(=O)(=O)Nc2ncccn2)cc1. The zero-order valence-electron chi connectivity index (χ0n) is 11.2. The van der Waals surface area contributed by atoms with Crippen molar-refractivity contribution in [2.45, 2.75) is 4.90 Å². The molecular weight excluding hydrogens is 308 g/mol. The lowest BCUT2D eigenvalue weighted by atomic mass is 10.3. The fraction of sp³-hybridized carbons (Fsp3) is 0. The molecule has 8 nitrogen and oxygen atoms in total.